The highest BCUT2D eigenvalue weighted by atomic mass is 16.5. The third kappa shape index (κ3) is 2.50. The molecular formula is C11H16N6O. The largest absolute Gasteiger partial charge is 0.476 e. The van der Waals surface area contributed by atoms with Crippen LogP contribution in [-0.2, 0) is 13.6 Å². The monoisotopic (exact) mass is 248 g/mol. The van der Waals surface area contributed by atoms with E-state index in [0.29, 0.717) is 30.5 Å². The molecule has 0 aliphatic carbocycles. The Bertz CT molecular complexity index is 524. The topological polar surface area (TPSA) is 90.9 Å². The van der Waals surface area contributed by atoms with E-state index in [1.54, 1.807) is 10.9 Å². The maximum Gasteiger partial charge on any atom is 0.242 e. The van der Waals surface area contributed by atoms with Gasteiger partial charge in [-0.2, -0.15) is 10.1 Å². The van der Waals surface area contributed by atoms with Crippen molar-refractivity contribution in [1.82, 2.24) is 19.7 Å². The van der Waals surface area contributed by atoms with Crippen molar-refractivity contribution in [3.63, 3.8) is 0 Å². The zero-order valence-corrected chi connectivity index (χ0v) is 10.4. The number of hydrogen-bond donors (Lipinski definition) is 2. The first-order valence-corrected chi connectivity index (χ1v) is 5.66. The van der Waals surface area contributed by atoms with E-state index in [0.717, 1.165) is 5.69 Å². The highest BCUT2D eigenvalue weighted by Crippen LogP contribution is 2.24. The van der Waals surface area contributed by atoms with Crippen molar-refractivity contribution in [3.8, 4) is 5.88 Å². The molecule has 7 heteroatoms. The smallest absolute Gasteiger partial charge is 0.242 e. The first kappa shape index (κ1) is 12.2. The Balaban J connectivity index is 2.10. The number of nitrogen functional groups attached to an aromatic ring is 1. The zero-order chi connectivity index (χ0) is 13.0. The second kappa shape index (κ2) is 5.35. The summed E-state index contributed by atoms with van der Waals surface area (Å²) in [5.41, 5.74) is 7.36. The van der Waals surface area contributed by atoms with E-state index in [4.69, 9.17) is 10.5 Å². The first-order valence-electron chi connectivity index (χ1n) is 5.66. The molecule has 0 saturated heterocycles. The zero-order valence-electron chi connectivity index (χ0n) is 10.4. The maximum absolute atomic E-state index is 5.91. The summed E-state index contributed by atoms with van der Waals surface area (Å²) in [6.07, 6.45) is 3.17. The molecule has 0 spiro atoms. The number of aryl methyl sites for hydroxylation is 1. The van der Waals surface area contributed by atoms with Crippen LogP contribution in [0.1, 0.15) is 12.6 Å². The molecule has 0 aliphatic heterocycles. The van der Waals surface area contributed by atoms with Crippen LogP contribution < -0.4 is 15.8 Å². The molecule has 96 valence electrons. The van der Waals surface area contributed by atoms with Crippen molar-refractivity contribution in [3.05, 3.63) is 24.3 Å². The number of hydrogen-bond acceptors (Lipinski definition) is 6. The predicted octanol–water partition coefficient (Wildman–Crippen LogP) is 0.803. The Morgan fingerprint density at radius 3 is 2.94 bits per heavy atom. The molecule has 2 heterocycles. The molecule has 0 fully saturated rings. The fourth-order valence-electron chi connectivity index (χ4n) is 1.52. The van der Waals surface area contributed by atoms with Crippen LogP contribution in [0.5, 0.6) is 5.88 Å². The summed E-state index contributed by atoms with van der Waals surface area (Å²) in [4.78, 5) is 8.07. The number of nitrogens with one attached hydrogen (secondary N) is 1. The number of rotatable bonds is 5. The average Bonchev–Trinajstić information content (AvgIpc) is 2.76. The molecule has 0 bridgehead atoms. The SMILES string of the molecule is CCOc1ncnc(NCc2ccnn2C)c1N. The Hall–Kier alpha value is -2.31. The summed E-state index contributed by atoms with van der Waals surface area (Å²) < 4.78 is 7.09. The van der Waals surface area contributed by atoms with Gasteiger partial charge in [-0.15, -0.1) is 0 Å². The third-order valence-electron chi connectivity index (χ3n) is 2.49. The molecule has 0 aromatic carbocycles. The summed E-state index contributed by atoms with van der Waals surface area (Å²) in [5, 5.41) is 7.22. The fourth-order valence-corrected chi connectivity index (χ4v) is 1.52. The highest BCUT2D eigenvalue weighted by molar-refractivity contribution is 5.66. The first-order chi connectivity index (χ1) is 8.72. The molecule has 18 heavy (non-hydrogen) atoms. The predicted molar refractivity (Wildman–Crippen MR) is 68.1 cm³/mol. The third-order valence-corrected chi connectivity index (χ3v) is 2.49. The lowest BCUT2D eigenvalue weighted by Crippen LogP contribution is -2.10. The van der Waals surface area contributed by atoms with Crippen LogP contribution in [0, 0.1) is 0 Å². The van der Waals surface area contributed by atoms with Gasteiger partial charge in [0.15, 0.2) is 5.82 Å². The van der Waals surface area contributed by atoms with E-state index in [1.807, 2.05) is 20.0 Å². The Morgan fingerprint density at radius 1 is 1.44 bits per heavy atom. The van der Waals surface area contributed by atoms with Crippen LogP contribution in [0.4, 0.5) is 11.5 Å². The standard InChI is InChI=1S/C11H16N6O/c1-3-18-11-9(12)10(14-7-15-11)13-6-8-4-5-16-17(8)2/h4-5,7H,3,6,12H2,1-2H3,(H,13,14,15). The van der Waals surface area contributed by atoms with Crippen LogP contribution >= 0.6 is 0 Å². The maximum atomic E-state index is 5.91. The summed E-state index contributed by atoms with van der Waals surface area (Å²) >= 11 is 0. The number of ether oxygens (including phenoxy) is 1. The van der Waals surface area contributed by atoms with Gasteiger partial charge in [0.1, 0.15) is 12.0 Å². The normalized spacial score (nSPS) is 10.3. The van der Waals surface area contributed by atoms with E-state index in [-0.39, 0.29) is 0 Å². The lowest BCUT2D eigenvalue weighted by molar-refractivity contribution is 0.328. The van der Waals surface area contributed by atoms with Crippen LogP contribution in [0.25, 0.3) is 0 Å². The van der Waals surface area contributed by atoms with Gasteiger partial charge < -0.3 is 15.8 Å². The minimum Gasteiger partial charge on any atom is -0.476 e. The van der Waals surface area contributed by atoms with Gasteiger partial charge in [-0.3, -0.25) is 4.68 Å². The molecule has 2 rings (SSSR count). The van der Waals surface area contributed by atoms with Crippen molar-refractivity contribution < 1.29 is 4.74 Å². The summed E-state index contributed by atoms with van der Waals surface area (Å²) in [6, 6.07) is 1.92. The number of nitrogens with zero attached hydrogens (tertiary/aromatic N) is 4. The lowest BCUT2D eigenvalue weighted by Gasteiger charge is -2.10. The molecule has 3 N–H and O–H groups in total. The van der Waals surface area contributed by atoms with Crippen molar-refractivity contribution in [2.45, 2.75) is 13.5 Å². The summed E-state index contributed by atoms with van der Waals surface area (Å²) in [5.74, 6) is 0.967. The second-order valence-corrected chi connectivity index (χ2v) is 3.67. The minimum absolute atomic E-state index is 0.403. The van der Waals surface area contributed by atoms with Gasteiger partial charge >= 0.3 is 0 Å². The quantitative estimate of drug-likeness (QED) is 0.813. The van der Waals surface area contributed by atoms with Crippen molar-refractivity contribution >= 4 is 11.5 Å². The van der Waals surface area contributed by atoms with Gasteiger partial charge in [-0.05, 0) is 13.0 Å². The second-order valence-electron chi connectivity index (χ2n) is 3.67. The van der Waals surface area contributed by atoms with Gasteiger partial charge in [0.2, 0.25) is 5.88 Å². The molecule has 2 aromatic rings. The molecule has 7 nitrogen and oxygen atoms in total. The van der Waals surface area contributed by atoms with Gasteiger partial charge in [-0.25, -0.2) is 4.98 Å². The molecule has 2 aromatic heterocycles. The Labute approximate surface area is 105 Å². The van der Waals surface area contributed by atoms with E-state index in [2.05, 4.69) is 20.4 Å². The number of aromatic nitrogens is 4. The molecule has 0 saturated carbocycles. The number of anilines is 2. The van der Waals surface area contributed by atoms with E-state index < -0.39 is 0 Å². The van der Waals surface area contributed by atoms with E-state index in [1.165, 1.54) is 6.33 Å². The van der Waals surface area contributed by atoms with E-state index in [9.17, 15) is 0 Å². The minimum atomic E-state index is 0.403. The molecular weight excluding hydrogens is 232 g/mol. The lowest BCUT2D eigenvalue weighted by atomic mass is 10.4. The molecule has 0 aliphatic rings. The number of nitrogens with two attached hydrogens (primary N) is 1. The van der Waals surface area contributed by atoms with E-state index >= 15 is 0 Å². The van der Waals surface area contributed by atoms with Gasteiger partial charge in [0, 0.05) is 13.2 Å². The van der Waals surface area contributed by atoms with Gasteiger partial charge in [0.25, 0.3) is 0 Å². The summed E-state index contributed by atoms with van der Waals surface area (Å²) in [7, 11) is 1.88. The molecule has 0 atom stereocenters. The van der Waals surface area contributed by atoms with Crippen molar-refractivity contribution in [1.29, 1.82) is 0 Å². The van der Waals surface area contributed by atoms with Crippen LogP contribution in [-0.4, -0.2) is 26.4 Å². The molecule has 0 amide bonds. The van der Waals surface area contributed by atoms with Gasteiger partial charge in [0.05, 0.1) is 18.8 Å². The molecule has 0 unspecified atom stereocenters. The average molecular weight is 248 g/mol. The van der Waals surface area contributed by atoms with Crippen LogP contribution in [0.15, 0.2) is 18.6 Å². The molecule has 0 radical (unpaired) electrons. The Morgan fingerprint density at radius 2 is 2.28 bits per heavy atom. The van der Waals surface area contributed by atoms with Crippen LogP contribution in [0.2, 0.25) is 0 Å². The van der Waals surface area contributed by atoms with Crippen LogP contribution in [0.3, 0.4) is 0 Å². The van der Waals surface area contributed by atoms with Crippen molar-refractivity contribution in [2.24, 2.45) is 7.05 Å². The highest BCUT2D eigenvalue weighted by Gasteiger charge is 2.09. The summed E-state index contributed by atoms with van der Waals surface area (Å²) in [6.45, 7) is 2.98. The fraction of sp³-hybridized carbons (Fsp3) is 0.364. The Kier molecular flexibility index (Phi) is 3.61. The van der Waals surface area contributed by atoms with Gasteiger partial charge in [-0.1, -0.05) is 0 Å². The van der Waals surface area contributed by atoms with Crippen molar-refractivity contribution in [2.75, 3.05) is 17.7 Å².